The summed E-state index contributed by atoms with van der Waals surface area (Å²) in [5.74, 6) is 3.20. The molecule has 0 aromatic heterocycles. The van der Waals surface area contributed by atoms with Crippen molar-refractivity contribution in [1.29, 1.82) is 0 Å². The lowest BCUT2D eigenvalue weighted by atomic mass is 9.67. The molecule has 0 amide bonds. The highest BCUT2D eigenvalue weighted by atomic mass is 16.5. The molecule has 2 aliphatic rings. The first-order valence-electron chi connectivity index (χ1n) is 14.5. The normalized spacial score (nSPS) is 25.7. The van der Waals surface area contributed by atoms with Crippen molar-refractivity contribution < 1.29 is 14.6 Å². The Morgan fingerprint density at radius 3 is 2.20 bits per heavy atom. The van der Waals surface area contributed by atoms with Gasteiger partial charge in [-0.15, -0.1) is 0 Å². The third-order valence-electron chi connectivity index (χ3n) is 8.88. The monoisotopic (exact) mass is 482 g/mol. The van der Waals surface area contributed by atoms with Gasteiger partial charge in [0.2, 0.25) is 0 Å². The summed E-state index contributed by atoms with van der Waals surface area (Å²) in [6.45, 7) is 8.14. The number of hydrogen-bond donors (Lipinski definition) is 1. The molecule has 35 heavy (non-hydrogen) atoms. The van der Waals surface area contributed by atoms with E-state index in [1.165, 1.54) is 82.6 Å². The maximum atomic E-state index is 11.6. The number of aliphatic hydroxyl groups excluding tert-OH is 1. The largest absolute Gasteiger partial charge is 0.462 e. The molecule has 0 bridgehead atoms. The zero-order valence-electron chi connectivity index (χ0n) is 22.5. The lowest BCUT2D eigenvalue weighted by Crippen LogP contribution is -2.26. The summed E-state index contributed by atoms with van der Waals surface area (Å²) in [6.07, 6.45) is 17.8. The van der Waals surface area contributed by atoms with Crippen LogP contribution in [0.2, 0.25) is 0 Å². The molecule has 0 aliphatic heterocycles. The first-order valence-corrected chi connectivity index (χ1v) is 14.5. The number of hydrogen-bond acceptors (Lipinski definition) is 3. The van der Waals surface area contributed by atoms with E-state index in [4.69, 9.17) is 4.74 Å². The van der Waals surface area contributed by atoms with Crippen LogP contribution in [-0.4, -0.2) is 24.3 Å². The van der Waals surface area contributed by atoms with Gasteiger partial charge in [0.15, 0.2) is 0 Å². The summed E-state index contributed by atoms with van der Waals surface area (Å²) >= 11 is 0. The Morgan fingerprint density at radius 1 is 1.00 bits per heavy atom. The third kappa shape index (κ3) is 9.08. The lowest BCUT2D eigenvalue weighted by molar-refractivity contribution is -0.139. The predicted octanol–water partition coefficient (Wildman–Crippen LogP) is 8.01. The topological polar surface area (TPSA) is 46.5 Å². The smallest absolute Gasteiger partial charge is 0.333 e. The van der Waals surface area contributed by atoms with Crippen LogP contribution in [0.5, 0.6) is 0 Å². The minimum atomic E-state index is -0.323. The fraction of sp³-hybridized carbons (Fsp3) is 0.719. The molecule has 3 rings (SSSR count). The second-order valence-electron chi connectivity index (χ2n) is 11.6. The Hall–Kier alpha value is -1.61. The van der Waals surface area contributed by atoms with Crippen molar-refractivity contribution in [3.05, 3.63) is 47.5 Å². The zero-order chi connectivity index (χ0) is 25.0. The first kappa shape index (κ1) is 28.0. The number of carbonyl (C=O) groups excluding carboxylic acids is 1. The van der Waals surface area contributed by atoms with Crippen LogP contribution in [0.3, 0.4) is 0 Å². The van der Waals surface area contributed by atoms with E-state index in [0.717, 1.165) is 30.6 Å². The van der Waals surface area contributed by atoms with Gasteiger partial charge in [-0.2, -0.15) is 0 Å². The predicted molar refractivity (Wildman–Crippen MR) is 145 cm³/mol. The summed E-state index contributed by atoms with van der Waals surface area (Å²) < 4.78 is 5.24. The van der Waals surface area contributed by atoms with E-state index in [1.807, 2.05) is 0 Å². The highest BCUT2D eigenvalue weighted by Crippen LogP contribution is 2.44. The van der Waals surface area contributed by atoms with E-state index in [-0.39, 0.29) is 18.5 Å². The Bertz CT molecular complexity index is 752. The fourth-order valence-electron chi connectivity index (χ4n) is 6.55. The summed E-state index contributed by atoms with van der Waals surface area (Å²) in [5, 5.41) is 9.81. The van der Waals surface area contributed by atoms with Crippen molar-refractivity contribution in [3.63, 3.8) is 0 Å². The summed E-state index contributed by atoms with van der Waals surface area (Å²) in [4.78, 5) is 11.6. The molecule has 2 aliphatic carbocycles. The van der Waals surface area contributed by atoms with E-state index in [9.17, 15) is 9.90 Å². The number of unbranched alkanes of at least 4 members (excludes halogenated alkanes) is 2. The molecule has 2 fully saturated rings. The molecule has 2 saturated carbocycles. The minimum absolute atomic E-state index is 0.189. The maximum absolute atomic E-state index is 11.6. The average molecular weight is 483 g/mol. The van der Waals surface area contributed by atoms with Gasteiger partial charge in [0.05, 0.1) is 6.61 Å². The highest BCUT2D eigenvalue weighted by Gasteiger charge is 2.32. The van der Waals surface area contributed by atoms with Gasteiger partial charge < -0.3 is 9.84 Å². The molecular weight excluding hydrogens is 432 g/mol. The van der Waals surface area contributed by atoms with Crippen molar-refractivity contribution in [1.82, 2.24) is 0 Å². The molecule has 0 heterocycles. The van der Waals surface area contributed by atoms with Crippen LogP contribution < -0.4 is 0 Å². The molecule has 1 aromatic carbocycles. The molecular formula is C32H50O3. The minimum Gasteiger partial charge on any atom is -0.462 e. The van der Waals surface area contributed by atoms with Crippen molar-refractivity contribution in [3.8, 4) is 0 Å². The fourth-order valence-corrected chi connectivity index (χ4v) is 6.55. The van der Waals surface area contributed by atoms with Gasteiger partial charge in [-0.1, -0.05) is 63.5 Å². The molecule has 0 radical (unpaired) electrons. The molecule has 0 saturated heterocycles. The molecule has 0 spiro atoms. The van der Waals surface area contributed by atoms with Crippen LogP contribution in [0.1, 0.15) is 114 Å². The summed E-state index contributed by atoms with van der Waals surface area (Å²) in [6, 6.07) is 9.58. The Labute approximate surface area is 214 Å². The van der Waals surface area contributed by atoms with Crippen LogP contribution >= 0.6 is 0 Å². The van der Waals surface area contributed by atoms with Crippen molar-refractivity contribution in [2.45, 2.75) is 110 Å². The van der Waals surface area contributed by atoms with Crippen LogP contribution in [0.4, 0.5) is 0 Å². The summed E-state index contributed by atoms with van der Waals surface area (Å²) in [7, 11) is 0. The van der Waals surface area contributed by atoms with E-state index in [0.29, 0.717) is 18.1 Å². The molecule has 1 N–H and O–H groups in total. The molecule has 3 nitrogen and oxygen atoms in total. The van der Waals surface area contributed by atoms with Crippen molar-refractivity contribution in [2.24, 2.45) is 23.7 Å². The Balaban J connectivity index is 1.35. The third-order valence-corrected chi connectivity index (χ3v) is 8.88. The number of carbonyl (C=O) groups is 1. The number of rotatable bonds is 13. The van der Waals surface area contributed by atoms with Crippen LogP contribution in [-0.2, 0) is 16.0 Å². The van der Waals surface area contributed by atoms with Crippen LogP contribution in [0.15, 0.2) is 36.4 Å². The second-order valence-corrected chi connectivity index (χ2v) is 11.6. The van der Waals surface area contributed by atoms with E-state index < -0.39 is 0 Å². The molecule has 1 aromatic rings. The number of aryl methyl sites for hydroxylation is 1. The molecule has 196 valence electrons. The number of aliphatic hydroxyl groups is 1. The van der Waals surface area contributed by atoms with Gasteiger partial charge in [0.25, 0.3) is 0 Å². The van der Waals surface area contributed by atoms with Crippen LogP contribution in [0, 0.1) is 23.7 Å². The second kappa shape index (κ2) is 14.8. The zero-order valence-corrected chi connectivity index (χ0v) is 22.5. The molecule has 1 atom stereocenters. The van der Waals surface area contributed by atoms with Gasteiger partial charge in [-0.3, -0.25) is 0 Å². The van der Waals surface area contributed by atoms with Gasteiger partial charge in [-0.05, 0) is 112 Å². The maximum Gasteiger partial charge on any atom is 0.333 e. The quantitative estimate of drug-likeness (QED) is 0.176. The lowest BCUT2D eigenvalue weighted by Gasteiger charge is -2.38. The van der Waals surface area contributed by atoms with Gasteiger partial charge in [0.1, 0.15) is 0 Å². The van der Waals surface area contributed by atoms with Gasteiger partial charge in [0, 0.05) is 12.2 Å². The van der Waals surface area contributed by atoms with Gasteiger partial charge >= 0.3 is 5.97 Å². The van der Waals surface area contributed by atoms with E-state index in [1.54, 1.807) is 12.5 Å². The molecule has 3 heteroatoms. The van der Waals surface area contributed by atoms with Crippen LogP contribution in [0.25, 0.3) is 0 Å². The number of benzene rings is 1. The average Bonchev–Trinajstić information content (AvgIpc) is 2.89. The Morgan fingerprint density at radius 2 is 1.63 bits per heavy atom. The van der Waals surface area contributed by atoms with Gasteiger partial charge in [-0.25, -0.2) is 4.79 Å². The van der Waals surface area contributed by atoms with Crippen molar-refractivity contribution in [2.75, 3.05) is 13.2 Å². The van der Waals surface area contributed by atoms with E-state index in [2.05, 4.69) is 37.8 Å². The highest BCUT2D eigenvalue weighted by molar-refractivity contribution is 5.86. The number of ether oxygens (including phenoxy) is 1. The first-order chi connectivity index (χ1) is 17.0. The SMILES string of the molecule is C=C(C)C(=O)OCCC(CO)CC1CCC(C2CCC(c3ccc(CCCCC)cc3)CC2)CC1. The van der Waals surface area contributed by atoms with E-state index >= 15 is 0 Å². The molecule has 1 unspecified atom stereocenters. The number of esters is 1. The standard InChI is InChI=1S/C32H50O3/c1-4-5-6-7-25-8-12-28(13-9-25)30-16-18-31(19-17-30)29-14-10-26(11-15-29)22-27(23-33)20-21-35-32(34)24(2)3/h8-9,12-13,26-27,29-31,33H,2,4-7,10-11,14-23H2,1,3H3. The summed E-state index contributed by atoms with van der Waals surface area (Å²) in [5.41, 5.74) is 3.51. The Kier molecular flexibility index (Phi) is 11.9. The van der Waals surface area contributed by atoms with Crippen molar-refractivity contribution >= 4 is 5.97 Å².